The Morgan fingerprint density at radius 2 is 2.11 bits per heavy atom. The Kier molecular flexibility index (Phi) is 4.28. The standard InChI is InChI=1S/C14H21NO3S/c1-3-12-5-4-11(9-16)8-14(12)19(17,18)15-10(2)13-6-7-13/h4-5,8,10,13,15-16H,3,6-7,9H2,1-2H3. The number of nitrogens with one attached hydrogen (secondary N) is 1. The number of aliphatic hydroxyl groups is 1. The zero-order valence-electron chi connectivity index (χ0n) is 11.4. The van der Waals surface area contributed by atoms with Gasteiger partial charge in [-0.15, -0.1) is 0 Å². The van der Waals surface area contributed by atoms with Crippen molar-refractivity contribution in [3.63, 3.8) is 0 Å². The smallest absolute Gasteiger partial charge is 0.241 e. The van der Waals surface area contributed by atoms with Crippen molar-refractivity contribution in [2.24, 2.45) is 5.92 Å². The number of hydrogen-bond acceptors (Lipinski definition) is 3. The van der Waals surface area contributed by atoms with Crippen molar-refractivity contribution in [1.82, 2.24) is 4.72 Å². The summed E-state index contributed by atoms with van der Waals surface area (Å²) >= 11 is 0. The zero-order chi connectivity index (χ0) is 14.0. The number of benzene rings is 1. The number of aryl methyl sites for hydroxylation is 1. The first-order valence-electron chi connectivity index (χ1n) is 6.73. The van der Waals surface area contributed by atoms with Gasteiger partial charge in [0.1, 0.15) is 0 Å². The summed E-state index contributed by atoms with van der Waals surface area (Å²) in [6.45, 7) is 3.69. The van der Waals surface area contributed by atoms with Crippen molar-refractivity contribution < 1.29 is 13.5 Å². The van der Waals surface area contributed by atoms with Crippen LogP contribution in [0.3, 0.4) is 0 Å². The minimum Gasteiger partial charge on any atom is -0.392 e. The molecule has 4 nitrogen and oxygen atoms in total. The van der Waals surface area contributed by atoms with Crippen LogP contribution in [0.4, 0.5) is 0 Å². The summed E-state index contributed by atoms with van der Waals surface area (Å²) in [5.74, 6) is 0.473. The number of aliphatic hydroxyl groups excluding tert-OH is 1. The lowest BCUT2D eigenvalue weighted by Gasteiger charge is -2.16. The van der Waals surface area contributed by atoms with E-state index in [1.54, 1.807) is 18.2 Å². The summed E-state index contributed by atoms with van der Waals surface area (Å²) in [6, 6.07) is 5.10. The van der Waals surface area contributed by atoms with Crippen LogP contribution < -0.4 is 4.72 Å². The molecule has 1 saturated carbocycles. The van der Waals surface area contributed by atoms with Crippen LogP contribution >= 0.6 is 0 Å². The fourth-order valence-corrected chi connectivity index (χ4v) is 3.91. The molecule has 0 radical (unpaired) electrons. The molecule has 2 N–H and O–H groups in total. The second-order valence-corrected chi connectivity index (χ2v) is 6.88. The van der Waals surface area contributed by atoms with E-state index < -0.39 is 10.0 Å². The van der Waals surface area contributed by atoms with Gasteiger partial charge in [-0.1, -0.05) is 19.1 Å². The first-order chi connectivity index (χ1) is 8.97. The molecule has 0 bridgehead atoms. The maximum absolute atomic E-state index is 12.4. The minimum absolute atomic E-state index is 0.0208. The first-order valence-corrected chi connectivity index (χ1v) is 8.21. The molecule has 1 aromatic rings. The summed E-state index contributed by atoms with van der Waals surface area (Å²) in [5, 5.41) is 9.16. The van der Waals surface area contributed by atoms with Crippen molar-refractivity contribution in [2.45, 2.75) is 50.7 Å². The summed E-state index contributed by atoms with van der Waals surface area (Å²) in [4.78, 5) is 0.300. The SMILES string of the molecule is CCc1ccc(CO)cc1S(=O)(=O)NC(C)C1CC1. The molecule has 1 aromatic carbocycles. The van der Waals surface area contributed by atoms with E-state index in [0.717, 1.165) is 18.4 Å². The van der Waals surface area contributed by atoms with E-state index in [2.05, 4.69) is 4.72 Å². The molecule has 0 aromatic heterocycles. The Morgan fingerprint density at radius 1 is 1.42 bits per heavy atom. The highest BCUT2D eigenvalue weighted by Gasteiger charge is 2.31. The molecule has 0 amide bonds. The lowest BCUT2D eigenvalue weighted by Crippen LogP contribution is -2.34. The summed E-state index contributed by atoms with van der Waals surface area (Å²) < 4.78 is 27.6. The van der Waals surface area contributed by atoms with Gasteiger partial charge in [-0.3, -0.25) is 0 Å². The lowest BCUT2D eigenvalue weighted by atomic mass is 10.1. The van der Waals surface area contributed by atoms with Crippen LogP contribution in [-0.4, -0.2) is 19.6 Å². The molecule has 0 heterocycles. The quantitative estimate of drug-likeness (QED) is 0.837. The number of rotatable bonds is 6. The van der Waals surface area contributed by atoms with Gasteiger partial charge in [0.05, 0.1) is 11.5 Å². The summed E-state index contributed by atoms with van der Waals surface area (Å²) in [6.07, 6.45) is 2.85. The summed E-state index contributed by atoms with van der Waals surface area (Å²) in [7, 11) is -3.50. The average molecular weight is 283 g/mol. The molecule has 19 heavy (non-hydrogen) atoms. The maximum atomic E-state index is 12.4. The molecule has 106 valence electrons. The Bertz CT molecular complexity index is 550. The van der Waals surface area contributed by atoms with Gasteiger partial charge in [-0.25, -0.2) is 13.1 Å². The molecule has 0 saturated heterocycles. The van der Waals surface area contributed by atoms with Crippen LogP contribution in [0.1, 0.15) is 37.8 Å². The van der Waals surface area contributed by atoms with Gasteiger partial charge in [0.2, 0.25) is 10.0 Å². The van der Waals surface area contributed by atoms with Gasteiger partial charge in [0, 0.05) is 6.04 Å². The van der Waals surface area contributed by atoms with Crippen LogP contribution in [0.5, 0.6) is 0 Å². The highest BCUT2D eigenvalue weighted by molar-refractivity contribution is 7.89. The second kappa shape index (κ2) is 5.61. The lowest BCUT2D eigenvalue weighted by molar-refractivity contribution is 0.281. The highest BCUT2D eigenvalue weighted by Crippen LogP contribution is 2.33. The molecule has 5 heteroatoms. The molecule has 1 atom stereocenters. The molecule has 1 aliphatic rings. The molecule has 1 unspecified atom stereocenters. The number of hydrogen-bond donors (Lipinski definition) is 2. The van der Waals surface area contributed by atoms with E-state index >= 15 is 0 Å². The van der Waals surface area contributed by atoms with Gasteiger partial charge >= 0.3 is 0 Å². The van der Waals surface area contributed by atoms with Gasteiger partial charge in [-0.2, -0.15) is 0 Å². The van der Waals surface area contributed by atoms with E-state index in [9.17, 15) is 8.42 Å². The molecule has 0 aliphatic heterocycles. The number of sulfonamides is 1. The third kappa shape index (κ3) is 3.35. The topological polar surface area (TPSA) is 66.4 Å². The summed E-state index contributed by atoms with van der Waals surface area (Å²) in [5.41, 5.74) is 1.41. The van der Waals surface area contributed by atoms with Gasteiger partial charge < -0.3 is 5.11 Å². The fourth-order valence-electron chi connectivity index (χ4n) is 2.24. The van der Waals surface area contributed by atoms with E-state index in [-0.39, 0.29) is 12.6 Å². The van der Waals surface area contributed by atoms with E-state index in [1.165, 1.54) is 0 Å². The zero-order valence-corrected chi connectivity index (χ0v) is 12.2. The molecule has 2 rings (SSSR count). The van der Waals surface area contributed by atoms with E-state index in [0.29, 0.717) is 22.8 Å². The van der Waals surface area contributed by atoms with Crippen LogP contribution in [0.25, 0.3) is 0 Å². The Hall–Kier alpha value is -0.910. The van der Waals surface area contributed by atoms with Gasteiger partial charge in [0.15, 0.2) is 0 Å². The van der Waals surface area contributed by atoms with E-state index in [1.807, 2.05) is 13.8 Å². The highest BCUT2D eigenvalue weighted by atomic mass is 32.2. The molecular weight excluding hydrogens is 262 g/mol. The van der Waals surface area contributed by atoms with E-state index in [4.69, 9.17) is 5.11 Å². The first kappa shape index (κ1) is 14.5. The van der Waals surface area contributed by atoms with Crippen LogP contribution in [-0.2, 0) is 23.1 Å². The predicted molar refractivity (Wildman–Crippen MR) is 74.3 cm³/mol. The molecule has 1 aliphatic carbocycles. The second-order valence-electron chi connectivity index (χ2n) is 5.20. The van der Waals surface area contributed by atoms with Crippen molar-refractivity contribution in [1.29, 1.82) is 0 Å². The van der Waals surface area contributed by atoms with Crippen LogP contribution in [0.15, 0.2) is 23.1 Å². The van der Waals surface area contributed by atoms with Gasteiger partial charge in [-0.05, 0) is 49.3 Å². The normalized spacial score (nSPS) is 17.4. The largest absolute Gasteiger partial charge is 0.392 e. The van der Waals surface area contributed by atoms with Crippen molar-refractivity contribution >= 4 is 10.0 Å². The monoisotopic (exact) mass is 283 g/mol. The molecule has 0 spiro atoms. The van der Waals surface area contributed by atoms with Crippen molar-refractivity contribution in [3.05, 3.63) is 29.3 Å². The van der Waals surface area contributed by atoms with Gasteiger partial charge in [0.25, 0.3) is 0 Å². The average Bonchev–Trinajstić information content (AvgIpc) is 3.21. The molecular formula is C14H21NO3S. The predicted octanol–water partition coefficient (Wildman–Crippen LogP) is 1.82. The fraction of sp³-hybridized carbons (Fsp3) is 0.571. The minimum atomic E-state index is -3.50. The van der Waals surface area contributed by atoms with Crippen LogP contribution in [0.2, 0.25) is 0 Å². The third-order valence-corrected chi connectivity index (χ3v) is 5.30. The van der Waals surface area contributed by atoms with Crippen molar-refractivity contribution in [3.8, 4) is 0 Å². The Balaban J connectivity index is 2.31. The Labute approximate surface area is 114 Å². The third-order valence-electron chi connectivity index (χ3n) is 3.65. The Morgan fingerprint density at radius 3 is 2.63 bits per heavy atom. The molecule has 1 fully saturated rings. The maximum Gasteiger partial charge on any atom is 0.241 e. The van der Waals surface area contributed by atoms with Crippen LogP contribution in [0, 0.1) is 5.92 Å². The van der Waals surface area contributed by atoms with Crippen molar-refractivity contribution in [2.75, 3.05) is 0 Å².